The first-order chi connectivity index (χ1) is 8.09. The van der Waals surface area contributed by atoms with Crippen LogP contribution < -0.4 is 0 Å². The van der Waals surface area contributed by atoms with Crippen molar-refractivity contribution in [2.45, 2.75) is 78.7 Å². The van der Waals surface area contributed by atoms with Crippen molar-refractivity contribution < 1.29 is 0 Å². The Balaban J connectivity index is 2.62. The third kappa shape index (κ3) is 5.18. The van der Waals surface area contributed by atoms with E-state index in [-0.39, 0.29) is 0 Å². The number of azo groups is 1. The zero-order valence-corrected chi connectivity index (χ0v) is 12.2. The molecule has 1 heterocycles. The summed E-state index contributed by atoms with van der Waals surface area (Å²) in [4.78, 5) is 0. The van der Waals surface area contributed by atoms with Crippen LogP contribution in [0.4, 0.5) is 0 Å². The van der Waals surface area contributed by atoms with Crippen molar-refractivity contribution in [3.05, 3.63) is 0 Å². The number of hydrogen-bond donors (Lipinski definition) is 0. The van der Waals surface area contributed by atoms with E-state index in [1.54, 1.807) is 0 Å². The van der Waals surface area contributed by atoms with Crippen molar-refractivity contribution in [1.29, 1.82) is 0 Å². The summed E-state index contributed by atoms with van der Waals surface area (Å²) in [6.07, 6.45) is 9.00. The van der Waals surface area contributed by atoms with Crippen LogP contribution in [-0.2, 0) is 0 Å². The molecular weight excluding hydrogens is 208 g/mol. The average molecular weight is 238 g/mol. The Morgan fingerprint density at radius 1 is 1.18 bits per heavy atom. The van der Waals surface area contributed by atoms with Crippen LogP contribution in [0.15, 0.2) is 10.2 Å². The van der Waals surface area contributed by atoms with E-state index in [1.807, 2.05) is 0 Å². The van der Waals surface area contributed by atoms with E-state index in [1.165, 1.54) is 44.9 Å². The summed E-state index contributed by atoms with van der Waals surface area (Å²) in [5.74, 6) is 0.765. The number of hydrogen-bond acceptors (Lipinski definition) is 2. The van der Waals surface area contributed by atoms with Crippen molar-refractivity contribution in [2.24, 2.45) is 21.6 Å². The van der Waals surface area contributed by atoms with E-state index in [0.29, 0.717) is 11.5 Å². The Labute approximate surface area is 107 Å². The van der Waals surface area contributed by atoms with Gasteiger partial charge in [0.2, 0.25) is 0 Å². The van der Waals surface area contributed by atoms with Crippen LogP contribution in [0, 0.1) is 11.3 Å². The fourth-order valence-corrected chi connectivity index (χ4v) is 2.85. The summed E-state index contributed by atoms with van der Waals surface area (Å²) in [6.45, 7) is 10.2. The minimum absolute atomic E-state index is 0.423. The van der Waals surface area contributed by atoms with Gasteiger partial charge in [-0.15, -0.1) is 0 Å². The van der Waals surface area contributed by atoms with Gasteiger partial charge in [0.1, 0.15) is 0 Å². The second kappa shape index (κ2) is 7.13. The predicted molar refractivity (Wildman–Crippen MR) is 74.4 cm³/mol. The fraction of sp³-hybridized carbons (Fsp3) is 1.00. The monoisotopic (exact) mass is 238 g/mol. The molecule has 17 heavy (non-hydrogen) atoms. The summed E-state index contributed by atoms with van der Waals surface area (Å²) in [6, 6.07) is 0.485. The summed E-state index contributed by atoms with van der Waals surface area (Å²) < 4.78 is 0. The van der Waals surface area contributed by atoms with Crippen molar-refractivity contribution in [1.82, 2.24) is 0 Å². The van der Waals surface area contributed by atoms with Gasteiger partial charge in [0.15, 0.2) is 0 Å². The second-order valence-corrected chi connectivity index (χ2v) is 6.36. The molecule has 2 heteroatoms. The van der Waals surface area contributed by atoms with E-state index >= 15 is 0 Å². The van der Waals surface area contributed by atoms with Crippen LogP contribution >= 0.6 is 0 Å². The largest absolute Gasteiger partial charge is 0.194 e. The van der Waals surface area contributed by atoms with Crippen molar-refractivity contribution in [2.75, 3.05) is 6.54 Å². The first kappa shape index (κ1) is 14.7. The predicted octanol–water partition coefficient (Wildman–Crippen LogP) is 5.23. The molecule has 100 valence electrons. The second-order valence-electron chi connectivity index (χ2n) is 6.36. The van der Waals surface area contributed by atoms with Gasteiger partial charge in [-0.05, 0) is 37.0 Å². The van der Waals surface area contributed by atoms with Crippen molar-refractivity contribution in [3.8, 4) is 0 Å². The molecule has 0 fully saturated rings. The standard InChI is InChI=1S/C15H30N2/c1-5-7-9-13(8-6-2)14-12-15(3,4)10-11-16-17-14/h13-14H,5-12H2,1-4H3. The molecule has 0 aromatic heterocycles. The minimum atomic E-state index is 0.423. The van der Waals surface area contributed by atoms with Gasteiger partial charge in [-0.1, -0.05) is 47.0 Å². The van der Waals surface area contributed by atoms with E-state index < -0.39 is 0 Å². The Hall–Kier alpha value is -0.400. The molecule has 0 saturated carbocycles. The molecule has 0 radical (unpaired) electrons. The highest BCUT2D eigenvalue weighted by Gasteiger charge is 2.29. The minimum Gasteiger partial charge on any atom is -0.194 e. The zero-order valence-electron chi connectivity index (χ0n) is 12.2. The molecule has 1 rings (SSSR count). The summed E-state index contributed by atoms with van der Waals surface area (Å²) in [5, 5.41) is 9.00. The Bertz CT molecular complexity index is 233. The third-order valence-electron chi connectivity index (χ3n) is 4.01. The lowest BCUT2D eigenvalue weighted by Gasteiger charge is -2.29. The van der Waals surface area contributed by atoms with Crippen LogP contribution in [0.3, 0.4) is 0 Å². The van der Waals surface area contributed by atoms with Gasteiger partial charge in [0.25, 0.3) is 0 Å². The zero-order chi connectivity index (χ0) is 12.7. The van der Waals surface area contributed by atoms with E-state index in [0.717, 1.165) is 12.5 Å². The highest BCUT2D eigenvalue weighted by molar-refractivity contribution is 4.84. The lowest BCUT2D eigenvalue weighted by Crippen LogP contribution is -2.25. The topological polar surface area (TPSA) is 24.7 Å². The van der Waals surface area contributed by atoms with Crippen molar-refractivity contribution >= 4 is 0 Å². The van der Waals surface area contributed by atoms with Crippen LogP contribution in [0.25, 0.3) is 0 Å². The Morgan fingerprint density at radius 2 is 1.94 bits per heavy atom. The SMILES string of the molecule is CCCCC(CCC)C1CC(C)(C)CCN=N1. The molecule has 0 saturated heterocycles. The molecule has 0 bridgehead atoms. The van der Waals surface area contributed by atoms with E-state index in [9.17, 15) is 0 Å². The number of nitrogens with zero attached hydrogens (tertiary/aromatic N) is 2. The van der Waals surface area contributed by atoms with Crippen molar-refractivity contribution in [3.63, 3.8) is 0 Å². The lowest BCUT2D eigenvalue weighted by molar-refractivity contribution is 0.244. The van der Waals surface area contributed by atoms with E-state index in [4.69, 9.17) is 0 Å². The summed E-state index contributed by atoms with van der Waals surface area (Å²) in [5.41, 5.74) is 0.423. The molecule has 0 aromatic carbocycles. The van der Waals surface area contributed by atoms with Gasteiger partial charge >= 0.3 is 0 Å². The summed E-state index contributed by atoms with van der Waals surface area (Å²) in [7, 11) is 0. The van der Waals surface area contributed by atoms with Gasteiger partial charge in [0, 0.05) is 0 Å². The maximum Gasteiger partial charge on any atom is 0.0741 e. The highest BCUT2D eigenvalue weighted by Crippen LogP contribution is 2.35. The first-order valence-electron chi connectivity index (χ1n) is 7.45. The first-order valence-corrected chi connectivity index (χ1v) is 7.45. The Kier molecular flexibility index (Phi) is 6.15. The smallest absolute Gasteiger partial charge is 0.0741 e. The fourth-order valence-electron chi connectivity index (χ4n) is 2.85. The van der Waals surface area contributed by atoms with Gasteiger partial charge in [0.05, 0.1) is 12.6 Å². The molecule has 0 aliphatic carbocycles. The maximum atomic E-state index is 4.62. The van der Waals surface area contributed by atoms with E-state index in [2.05, 4.69) is 37.9 Å². The Morgan fingerprint density at radius 3 is 2.59 bits per heavy atom. The van der Waals surface area contributed by atoms with Gasteiger partial charge < -0.3 is 0 Å². The molecule has 1 aliphatic heterocycles. The molecule has 2 unspecified atom stereocenters. The molecule has 0 aromatic rings. The van der Waals surface area contributed by atoms with Gasteiger partial charge in [-0.2, -0.15) is 10.2 Å². The normalized spacial score (nSPS) is 25.5. The summed E-state index contributed by atoms with van der Waals surface area (Å²) >= 11 is 0. The van der Waals surface area contributed by atoms with Crippen LogP contribution in [-0.4, -0.2) is 12.6 Å². The molecule has 0 amide bonds. The molecule has 1 aliphatic rings. The molecule has 0 N–H and O–H groups in total. The maximum absolute atomic E-state index is 4.62. The van der Waals surface area contributed by atoms with Crippen LogP contribution in [0.1, 0.15) is 72.6 Å². The average Bonchev–Trinajstić information content (AvgIpc) is 2.45. The lowest BCUT2D eigenvalue weighted by atomic mass is 9.77. The highest BCUT2D eigenvalue weighted by atomic mass is 15.1. The number of unbranched alkanes of at least 4 members (excludes halogenated alkanes) is 1. The molecule has 0 spiro atoms. The van der Waals surface area contributed by atoms with Gasteiger partial charge in [-0.25, -0.2) is 0 Å². The third-order valence-corrected chi connectivity index (χ3v) is 4.01. The van der Waals surface area contributed by atoms with Gasteiger partial charge in [-0.3, -0.25) is 0 Å². The number of rotatable bonds is 6. The molecule has 2 nitrogen and oxygen atoms in total. The quantitative estimate of drug-likeness (QED) is 0.605. The van der Waals surface area contributed by atoms with Crippen LogP contribution in [0.2, 0.25) is 0 Å². The molecular formula is C15H30N2. The van der Waals surface area contributed by atoms with Crippen LogP contribution in [0.5, 0.6) is 0 Å². The molecule has 2 atom stereocenters.